The van der Waals surface area contributed by atoms with Crippen molar-refractivity contribution in [3.63, 3.8) is 0 Å². The van der Waals surface area contributed by atoms with E-state index < -0.39 is 32.9 Å². The average molecular weight is 571 g/mol. The number of piperidine rings is 1. The lowest BCUT2D eigenvalue weighted by molar-refractivity contribution is -0.137. The number of benzene rings is 1. The van der Waals surface area contributed by atoms with Crippen LogP contribution in [0.5, 0.6) is 0 Å². The third-order valence-electron chi connectivity index (χ3n) is 7.40. The molecule has 1 amide bonds. The van der Waals surface area contributed by atoms with Crippen molar-refractivity contribution in [1.29, 1.82) is 0 Å². The molecule has 1 saturated carbocycles. The van der Waals surface area contributed by atoms with E-state index in [0.29, 0.717) is 5.56 Å². The Bertz CT molecular complexity index is 1220. The second-order valence-corrected chi connectivity index (χ2v) is 13.3. The fourth-order valence-electron chi connectivity index (χ4n) is 5.25. The molecule has 0 unspecified atom stereocenters. The van der Waals surface area contributed by atoms with Crippen molar-refractivity contribution in [2.45, 2.75) is 89.6 Å². The number of carbonyl (C=O) groups excluding carboxylic acids is 1. The number of carbonyl (C=O) groups is 1. The van der Waals surface area contributed by atoms with Gasteiger partial charge in [0.25, 0.3) is 5.91 Å². The third-order valence-corrected chi connectivity index (χ3v) is 8.96. The van der Waals surface area contributed by atoms with Gasteiger partial charge in [0.2, 0.25) is 10.0 Å². The smallest absolute Gasteiger partial charge is 0.312 e. The molecule has 1 spiro atoms. The number of nitrogens with zero attached hydrogens (tertiary/aromatic N) is 2. The molecule has 1 aromatic carbocycles. The lowest BCUT2D eigenvalue weighted by atomic mass is 9.88. The van der Waals surface area contributed by atoms with E-state index in [1.165, 1.54) is 22.9 Å². The Morgan fingerprint density at radius 1 is 1.15 bits per heavy atom. The summed E-state index contributed by atoms with van der Waals surface area (Å²) in [6.45, 7) is 5.60. The molecule has 2 fully saturated rings. The summed E-state index contributed by atoms with van der Waals surface area (Å²) in [6, 6.07) is 3.72. The monoisotopic (exact) mass is 570 g/mol. The lowest BCUT2D eigenvalue weighted by Crippen LogP contribution is -2.50. The highest BCUT2D eigenvalue weighted by Crippen LogP contribution is 2.36. The first-order valence-electron chi connectivity index (χ1n) is 13.4. The van der Waals surface area contributed by atoms with Gasteiger partial charge in [-0.15, -0.1) is 0 Å². The molecule has 2 N–H and O–H groups in total. The second kappa shape index (κ2) is 11.3. The quantitative estimate of drug-likeness (QED) is 0.460. The molecule has 8 nitrogen and oxygen atoms in total. The van der Waals surface area contributed by atoms with E-state index >= 15 is 0 Å². The van der Waals surface area contributed by atoms with Gasteiger partial charge in [0, 0.05) is 31.0 Å². The summed E-state index contributed by atoms with van der Waals surface area (Å²) in [5.74, 6) is 0.773. The standard InChI is InChI=1S/C27H37F3N4O4S/c1-25(2,3)38-31-18-19-9-10-20(22(17-19)27(28,29)30)11-16-39(36,37)34-14-12-26(13-15-34)24(35)32-23(33-26)21-7-5-4-6-8-21/h9-11,16-17,21,31H,4-8,12-15,18H2,1-3H3,(H,32,33,35)/b16-11+. The Kier molecular flexibility index (Phi) is 8.61. The number of amides is 1. The Morgan fingerprint density at radius 2 is 1.82 bits per heavy atom. The van der Waals surface area contributed by atoms with Crippen LogP contribution in [-0.2, 0) is 32.4 Å². The number of nitrogens with one attached hydrogen (secondary N) is 2. The molecule has 0 bridgehead atoms. The van der Waals surface area contributed by atoms with E-state index in [1.54, 1.807) is 0 Å². The highest BCUT2D eigenvalue weighted by Gasteiger charge is 2.48. The largest absolute Gasteiger partial charge is 0.416 e. The molecule has 0 atom stereocenters. The van der Waals surface area contributed by atoms with Crippen molar-refractivity contribution in [2.75, 3.05) is 13.1 Å². The van der Waals surface area contributed by atoms with Gasteiger partial charge in [-0.3, -0.25) is 14.6 Å². The van der Waals surface area contributed by atoms with E-state index in [9.17, 15) is 26.4 Å². The molecule has 2 aliphatic heterocycles. The first kappa shape index (κ1) is 29.7. The maximum atomic E-state index is 13.8. The number of rotatable bonds is 7. The number of alkyl halides is 3. The molecule has 0 aromatic heterocycles. The molecule has 1 aliphatic carbocycles. The van der Waals surface area contributed by atoms with Gasteiger partial charge in [0.1, 0.15) is 11.4 Å². The van der Waals surface area contributed by atoms with E-state index in [2.05, 4.69) is 10.8 Å². The van der Waals surface area contributed by atoms with Crippen LogP contribution in [0.15, 0.2) is 28.6 Å². The van der Waals surface area contributed by atoms with E-state index in [1.807, 2.05) is 20.8 Å². The van der Waals surface area contributed by atoms with Gasteiger partial charge >= 0.3 is 6.18 Å². The number of amidine groups is 1. The SMILES string of the molecule is CC(C)(C)ONCc1ccc(/C=C/S(=O)(=O)N2CCC3(CC2)N=C(C2CCCCC2)NC3=O)c(C(F)(F)F)c1. The van der Waals surface area contributed by atoms with Crippen LogP contribution in [0.4, 0.5) is 13.2 Å². The number of sulfonamides is 1. The van der Waals surface area contributed by atoms with Crippen molar-refractivity contribution in [1.82, 2.24) is 15.1 Å². The molecule has 216 valence electrons. The van der Waals surface area contributed by atoms with Gasteiger partial charge in [0.15, 0.2) is 0 Å². The highest BCUT2D eigenvalue weighted by atomic mass is 32.2. The number of halogens is 3. The minimum Gasteiger partial charge on any atom is -0.312 e. The molecule has 12 heteroatoms. The zero-order valence-electron chi connectivity index (χ0n) is 22.6. The number of aliphatic imine (C=N–C) groups is 1. The van der Waals surface area contributed by atoms with Crippen LogP contribution in [0, 0.1) is 5.92 Å². The first-order chi connectivity index (χ1) is 18.2. The van der Waals surface area contributed by atoms with Crippen LogP contribution >= 0.6 is 0 Å². The fraction of sp³-hybridized carbons (Fsp3) is 0.630. The predicted molar refractivity (Wildman–Crippen MR) is 143 cm³/mol. The summed E-state index contributed by atoms with van der Waals surface area (Å²) >= 11 is 0. The minimum absolute atomic E-state index is 0.0523. The zero-order chi connectivity index (χ0) is 28.5. The lowest BCUT2D eigenvalue weighted by Gasteiger charge is -2.34. The summed E-state index contributed by atoms with van der Waals surface area (Å²) in [6.07, 6.45) is 2.13. The summed E-state index contributed by atoms with van der Waals surface area (Å²) in [7, 11) is -4.01. The van der Waals surface area contributed by atoms with Crippen LogP contribution in [-0.4, -0.2) is 48.7 Å². The van der Waals surface area contributed by atoms with E-state index in [4.69, 9.17) is 9.83 Å². The Morgan fingerprint density at radius 3 is 2.44 bits per heavy atom. The minimum atomic E-state index is -4.67. The molecule has 2 heterocycles. The number of hydrogen-bond donors (Lipinski definition) is 2. The molecule has 1 saturated heterocycles. The van der Waals surface area contributed by atoms with Crippen LogP contribution in [0.1, 0.15) is 82.4 Å². The summed E-state index contributed by atoms with van der Waals surface area (Å²) in [5, 5.41) is 3.75. The third kappa shape index (κ3) is 7.27. The van der Waals surface area contributed by atoms with E-state index in [0.717, 1.165) is 49.1 Å². The van der Waals surface area contributed by atoms with Gasteiger partial charge in [0.05, 0.1) is 11.2 Å². The van der Waals surface area contributed by atoms with E-state index in [-0.39, 0.29) is 49.9 Å². The van der Waals surface area contributed by atoms with Crippen LogP contribution in [0.25, 0.3) is 6.08 Å². The molecule has 1 aromatic rings. The zero-order valence-corrected chi connectivity index (χ0v) is 23.4. The molecule has 0 radical (unpaired) electrons. The summed E-state index contributed by atoms with van der Waals surface area (Å²) in [5.41, 5.74) is 0.337. The Labute approximate surface area is 228 Å². The molecular formula is C27H37F3N4O4S. The van der Waals surface area contributed by atoms with Gasteiger partial charge in [-0.05, 0) is 69.7 Å². The van der Waals surface area contributed by atoms with Crippen LogP contribution in [0.2, 0.25) is 0 Å². The Balaban J connectivity index is 1.44. The van der Waals surface area contributed by atoms with Crippen molar-refractivity contribution < 1.29 is 31.2 Å². The van der Waals surface area contributed by atoms with Crippen LogP contribution < -0.4 is 10.8 Å². The molecule has 3 aliphatic rings. The van der Waals surface area contributed by atoms with Crippen molar-refractivity contribution in [2.24, 2.45) is 10.9 Å². The first-order valence-corrected chi connectivity index (χ1v) is 14.9. The topological polar surface area (TPSA) is 100 Å². The molecule has 4 rings (SSSR count). The number of hydroxylamine groups is 1. The maximum absolute atomic E-state index is 13.8. The van der Waals surface area contributed by atoms with Gasteiger partial charge in [-0.2, -0.15) is 23.0 Å². The maximum Gasteiger partial charge on any atom is 0.416 e. The molecule has 39 heavy (non-hydrogen) atoms. The summed E-state index contributed by atoms with van der Waals surface area (Å²) < 4.78 is 68.6. The van der Waals surface area contributed by atoms with Crippen molar-refractivity contribution in [3.05, 3.63) is 40.3 Å². The molecular weight excluding hydrogens is 533 g/mol. The summed E-state index contributed by atoms with van der Waals surface area (Å²) in [4.78, 5) is 22.9. The second-order valence-electron chi connectivity index (χ2n) is 11.5. The van der Waals surface area contributed by atoms with Gasteiger partial charge < -0.3 is 5.32 Å². The number of hydrogen-bond acceptors (Lipinski definition) is 6. The van der Waals surface area contributed by atoms with Gasteiger partial charge in [-0.1, -0.05) is 31.4 Å². The fourth-order valence-corrected chi connectivity index (χ4v) is 6.43. The highest BCUT2D eigenvalue weighted by molar-refractivity contribution is 7.92. The normalized spacial score (nSPS) is 21.5. The van der Waals surface area contributed by atoms with Crippen molar-refractivity contribution >= 4 is 27.8 Å². The predicted octanol–water partition coefficient (Wildman–Crippen LogP) is 4.77. The Hall–Kier alpha value is -2.28. The van der Waals surface area contributed by atoms with Crippen molar-refractivity contribution in [3.8, 4) is 0 Å². The van der Waals surface area contributed by atoms with Crippen LogP contribution in [0.3, 0.4) is 0 Å². The average Bonchev–Trinajstić information content (AvgIpc) is 3.18. The van der Waals surface area contributed by atoms with Gasteiger partial charge in [-0.25, -0.2) is 8.42 Å².